The number of rotatable bonds is 11. The van der Waals surface area contributed by atoms with Crippen molar-refractivity contribution in [3.63, 3.8) is 0 Å². The Bertz CT molecular complexity index is 548. The molecular formula is C22H37ClN2O3. The number of para-hydroxylation sites is 2. The van der Waals surface area contributed by atoms with E-state index in [0.29, 0.717) is 18.0 Å². The third-order valence-corrected chi connectivity index (χ3v) is 5.02. The van der Waals surface area contributed by atoms with Crippen LogP contribution < -0.4 is 10.1 Å². The maximum Gasteiger partial charge on any atom is 0.412 e. The van der Waals surface area contributed by atoms with Gasteiger partial charge in [0, 0.05) is 13.1 Å². The molecule has 1 aromatic rings. The Kier molecular flexibility index (Phi) is 12.8. The zero-order chi connectivity index (χ0) is 19.3. The van der Waals surface area contributed by atoms with Gasteiger partial charge in [0.15, 0.2) is 0 Å². The van der Waals surface area contributed by atoms with Crippen molar-refractivity contribution in [2.24, 2.45) is 0 Å². The van der Waals surface area contributed by atoms with Gasteiger partial charge in [-0.05, 0) is 44.4 Å². The van der Waals surface area contributed by atoms with E-state index < -0.39 is 0 Å². The van der Waals surface area contributed by atoms with E-state index in [4.69, 9.17) is 9.47 Å². The van der Waals surface area contributed by atoms with Crippen molar-refractivity contribution in [2.75, 3.05) is 31.6 Å². The maximum absolute atomic E-state index is 12.3. The molecule has 5 nitrogen and oxygen atoms in total. The molecule has 6 heteroatoms. The number of nitrogens with one attached hydrogen (secondary N) is 1. The van der Waals surface area contributed by atoms with Crippen LogP contribution in [0.3, 0.4) is 0 Å². The first kappa shape index (κ1) is 24.6. The number of piperidine rings is 1. The number of carbonyl (C=O) groups is 1. The number of amides is 1. The van der Waals surface area contributed by atoms with Crippen LogP contribution in [0, 0.1) is 0 Å². The second kappa shape index (κ2) is 14.5. The zero-order valence-electron chi connectivity index (χ0n) is 17.5. The van der Waals surface area contributed by atoms with E-state index in [9.17, 15) is 4.79 Å². The van der Waals surface area contributed by atoms with Crippen molar-refractivity contribution < 1.29 is 14.3 Å². The van der Waals surface area contributed by atoms with Gasteiger partial charge in [0.2, 0.25) is 0 Å². The van der Waals surface area contributed by atoms with Crippen LogP contribution in [0.4, 0.5) is 10.5 Å². The Morgan fingerprint density at radius 2 is 1.79 bits per heavy atom. The Labute approximate surface area is 176 Å². The highest BCUT2D eigenvalue weighted by molar-refractivity contribution is 5.86. The fourth-order valence-corrected chi connectivity index (χ4v) is 3.33. The molecule has 0 radical (unpaired) electrons. The summed E-state index contributed by atoms with van der Waals surface area (Å²) in [6.45, 7) is 8.25. The number of hydrogen-bond donors (Lipinski definition) is 1. The standard InChI is InChI=1S/C22H36N2O3.ClH/c1-3-5-7-10-18-26-21-12-9-8-11-20(21)23-22(25)27-19-13-16-24(17-14-19)15-6-4-2;/h8-9,11-12,19H,3-7,10,13-18H2,1-2H3,(H,23,25);1H. The van der Waals surface area contributed by atoms with Gasteiger partial charge in [-0.3, -0.25) is 5.32 Å². The van der Waals surface area contributed by atoms with E-state index in [-0.39, 0.29) is 24.6 Å². The lowest BCUT2D eigenvalue weighted by Crippen LogP contribution is -2.38. The Morgan fingerprint density at radius 3 is 2.50 bits per heavy atom. The van der Waals surface area contributed by atoms with Crippen LogP contribution in [0.1, 0.15) is 65.2 Å². The topological polar surface area (TPSA) is 50.8 Å². The van der Waals surface area contributed by atoms with Crippen molar-refractivity contribution in [1.82, 2.24) is 4.90 Å². The maximum atomic E-state index is 12.3. The van der Waals surface area contributed by atoms with Gasteiger partial charge in [0.1, 0.15) is 11.9 Å². The van der Waals surface area contributed by atoms with Crippen molar-refractivity contribution >= 4 is 24.2 Å². The summed E-state index contributed by atoms with van der Waals surface area (Å²) >= 11 is 0. The predicted molar refractivity (Wildman–Crippen MR) is 118 cm³/mol. The largest absolute Gasteiger partial charge is 0.491 e. The molecule has 0 aromatic heterocycles. The summed E-state index contributed by atoms with van der Waals surface area (Å²) < 4.78 is 11.5. The van der Waals surface area contributed by atoms with Crippen molar-refractivity contribution in [3.8, 4) is 5.75 Å². The van der Waals surface area contributed by atoms with E-state index in [2.05, 4.69) is 24.1 Å². The molecule has 0 bridgehead atoms. The molecule has 1 saturated heterocycles. The molecule has 0 atom stereocenters. The second-order valence-electron chi connectivity index (χ2n) is 7.33. The van der Waals surface area contributed by atoms with Gasteiger partial charge in [-0.2, -0.15) is 0 Å². The van der Waals surface area contributed by atoms with Crippen LogP contribution in [-0.2, 0) is 4.74 Å². The van der Waals surface area contributed by atoms with Crippen LogP contribution >= 0.6 is 12.4 Å². The third-order valence-electron chi connectivity index (χ3n) is 5.02. The van der Waals surface area contributed by atoms with Gasteiger partial charge >= 0.3 is 6.09 Å². The molecule has 1 amide bonds. The van der Waals surface area contributed by atoms with Gasteiger partial charge in [0.25, 0.3) is 0 Å². The Morgan fingerprint density at radius 1 is 1.07 bits per heavy atom. The molecule has 1 aromatic carbocycles. The lowest BCUT2D eigenvalue weighted by Gasteiger charge is -2.31. The number of carbonyl (C=O) groups excluding carboxylic acids is 1. The number of anilines is 1. The number of benzene rings is 1. The highest BCUT2D eigenvalue weighted by Gasteiger charge is 2.22. The van der Waals surface area contributed by atoms with E-state index >= 15 is 0 Å². The summed E-state index contributed by atoms with van der Waals surface area (Å²) in [6.07, 6.45) is 8.54. The van der Waals surface area contributed by atoms with Gasteiger partial charge in [-0.25, -0.2) is 4.79 Å². The quantitative estimate of drug-likeness (QED) is 0.461. The first-order valence-corrected chi connectivity index (χ1v) is 10.6. The smallest absolute Gasteiger partial charge is 0.412 e. The number of likely N-dealkylation sites (tertiary alicyclic amines) is 1. The predicted octanol–water partition coefficient (Wildman–Crippen LogP) is 5.88. The number of nitrogens with zero attached hydrogens (tertiary/aromatic N) is 1. The van der Waals surface area contributed by atoms with E-state index in [0.717, 1.165) is 38.9 Å². The molecule has 1 heterocycles. The first-order valence-electron chi connectivity index (χ1n) is 10.6. The van der Waals surface area contributed by atoms with Crippen LogP contribution in [0.15, 0.2) is 24.3 Å². The summed E-state index contributed by atoms with van der Waals surface area (Å²) in [4.78, 5) is 14.8. The minimum atomic E-state index is -0.385. The van der Waals surface area contributed by atoms with Crippen LogP contribution in [0.2, 0.25) is 0 Å². The average Bonchev–Trinajstić information content (AvgIpc) is 2.68. The van der Waals surface area contributed by atoms with E-state index in [1.165, 1.54) is 32.1 Å². The third kappa shape index (κ3) is 9.16. The van der Waals surface area contributed by atoms with E-state index in [1.807, 2.05) is 24.3 Å². The number of unbranched alkanes of at least 4 members (excludes halogenated alkanes) is 4. The lowest BCUT2D eigenvalue weighted by molar-refractivity contribution is 0.0586. The van der Waals surface area contributed by atoms with Crippen molar-refractivity contribution in [3.05, 3.63) is 24.3 Å². The summed E-state index contributed by atoms with van der Waals surface area (Å²) in [7, 11) is 0. The summed E-state index contributed by atoms with van der Waals surface area (Å²) in [6, 6.07) is 7.56. The Hall–Kier alpha value is -1.46. The first-order chi connectivity index (χ1) is 13.2. The molecule has 0 unspecified atom stereocenters. The van der Waals surface area contributed by atoms with Gasteiger partial charge in [-0.1, -0.05) is 51.7 Å². The highest BCUT2D eigenvalue weighted by atomic mass is 35.5. The number of ether oxygens (including phenoxy) is 2. The number of halogens is 1. The summed E-state index contributed by atoms with van der Waals surface area (Å²) in [5.41, 5.74) is 0.679. The Balaban J connectivity index is 0.00000392. The molecule has 1 aliphatic rings. The molecule has 0 spiro atoms. The molecular weight excluding hydrogens is 376 g/mol. The SMILES string of the molecule is CCCCCCOc1ccccc1NC(=O)OC1CCN(CCCC)CC1.Cl. The molecule has 1 fully saturated rings. The van der Waals surface area contributed by atoms with Crippen LogP contribution in [0.25, 0.3) is 0 Å². The van der Waals surface area contributed by atoms with Crippen LogP contribution in [-0.4, -0.2) is 43.3 Å². The molecule has 0 saturated carbocycles. The fraction of sp³-hybridized carbons (Fsp3) is 0.682. The molecule has 160 valence electrons. The van der Waals surface area contributed by atoms with Crippen molar-refractivity contribution in [1.29, 1.82) is 0 Å². The minimum Gasteiger partial charge on any atom is -0.491 e. The van der Waals surface area contributed by atoms with E-state index in [1.54, 1.807) is 0 Å². The average molecular weight is 413 g/mol. The zero-order valence-corrected chi connectivity index (χ0v) is 18.3. The molecule has 2 rings (SSSR count). The summed E-state index contributed by atoms with van der Waals surface area (Å²) in [5.74, 6) is 0.709. The highest BCUT2D eigenvalue weighted by Crippen LogP contribution is 2.25. The van der Waals surface area contributed by atoms with Gasteiger partial charge < -0.3 is 14.4 Å². The molecule has 1 N–H and O–H groups in total. The minimum absolute atomic E-state index is 0. The normalized spacial score (nSPS) is 14.9. The summed E-state index contributed by atoms with van der Waals surface area (Å²) in [5, 5.41) is 2.86. The molecule has 28 heavy (non-hydrogen) atoms. The lowest BCUT2D eigenvalue weighted by atomic mass is 10.1. The van der Waals surface area contributed by atoms with Crippen molar-refractivity contribution in [2.45, 2.75) is 71.3 Å². The van der Waals surface area contributed by atoms with Gasteiger partial charge in [-0.15, -0.1) is 12.4 Å². The fourth-order valence-electron chi connectivity index (χ4n) is 3.33. The number of hydrogen-bond acceptors (Lipinski definition) is 4. The molecule has 0 aliphatic carbocycles. The monoisotopic (exact) mass is 412 g/mol. The second-order valence-corrected chi connectivity index (χ2v) is 7.33. The molecule has 1 aliphatic heterocycles. The van der Waals surface area contributed by atoms with Gasteiger partial charge in [0.05, 0.1) is 12.3 Å². The van der Waals surface area contributed by atoms with Crippen LogP contribution in [0.5, 0.6) is 5.75 Å².